The summed E-state index contributed by atoms with van der Waals surface area (Å²) in [6.07, 6.45) is -0.535. The molecule has 0 amide bonds. The van der Waals surface area contributed by atoms with Gasteiger partial charge in [-0.2, -0.15) is 0 Å². The Morgan fingerprint density at radius 1 is 0.647 bits per heavy atom. The lowest BCUT2D eigenvalue weighted by Crippen LogP contribution is -2.59. The zero-order valence-electron chi connectivity index (χ0n) is 22.8. The summed E-state index contributed by atoms with van der Waals surface area (Å²) in [5.41, 5.74) is 9.37. The van der Waals surface area contributed by atoms with Crippen LogP contribution in [0.1, 0.15) is 75.7 Å². The molecule has 3 aliphatic heterocycles. The highest BCUT2D eigenvalue weighted by molar-refractivity contribution is 4.95. The Kier molecular flexibility index (Phi) is 9.32. The third-order valence-corrected chi connectivity index (χ3v) is 9.34. The molecule has 3 fully saturated rings. The standard InChI is InChI=1S/C26H47N3O5/c1-11-21-24(34-25-16(6)12(2)13(3)19(9)31-25)17(7)22(28-29-27)26(32-21)33-23-15(5)14(4)18(8)30-20(23)10/h12-26H,11H2,1-10H3. The molecule has 8 heteroatoms. The Morgan fingerprint density at radius 3 is 1.85 bits per heavy atom. The van der Waals surface area contributed by atoms with E-state index in [1.807, 2.05) is 6.92 Å². The number of hydrogen-bond donors (Lipinski definition) is 0. The molecule has 0 aromatic carbocycles. The van der Waals surface area contributed by atoms with Crippen molar-refractivity contribution in [3.05, 3.63) is 10.4 Å². The highest BCUT2D eigenvalue weighted by atomic mass is 16.7. The Morgan fingerprint density at radius 2 is 1.24 bits per heavy atom. The van der Waals surface area contributed by atoms with Crippen molar-refractivity contribution in [1.82, 2.24) is 0 Å². The van der Waals surface area contributed by atoms with Crippen molar-refractivity contribution in [3.8, 4) is 0 Å². The Balaban J connectivity index is 1.79. The van der Waals surface area contributed by atoms with Crippen LogP contribution in [0.5, 0.6) is 0 Å². The topological polar surface area (TPSA) is 94.9 Å². The van der Waals surface area contributed by atoms with E-state index >= 15 is 0 Å². The van der Waals surface area contributed by atoms with E-state index in [0.717, 1.165) is 6.42 Å². The Labute approximate surface area is 206 Å². The molecule has 15 atom stereocenters. The lowest BCUT2D eigenvalue weighted by atomic mass is 9.79. The fourth-order valence-corrected chi connectivity index (χ4v) is 5.99. The Hall–Kier alpha value is -0.890. The van der Waals surface area contributed by atoms with Gasteiger partial charge in [0.2, 0.25) is 0 Å². The van der Waals surface area contributed by atoms with E-state index in [2.05, 4.69) is 72.3 Å². The maximum Gasteiger partial charge on any atom is 0.167 e. The predicted octanol–water partition coefficient (Wildman–Crippen LogP) is 5.94. The van der Waals surface area contributed by atoms with Crippen molar-refractivity contribution >= 4 is 0 Å². The van der Waals surface area contributed by atoms with E-state index in [1.54, 1.807) is 0 Å². The maximum atomic E-state index is 9.37. The fourth-order valence-electron chi connectivity index (χ4n) is 5.99. The molecule has 3 rings (SSSR count). The predicted molar refractivity (Wildman–Crippen MR) is 131 cm³/mol. The van der Waals surface area contributed by atoms with Gasteiger partial charge in [-0.25, -0.2) is 0 Å². The molecule has 0 spiro atoms. The number of nitrogens with zero attached hydrogens (tertiary/aromatic N) is 3. The molecular formula is C26H47N3O5. The van der Waals surface area contributed by atoms with E-state index in [0.29, 0.717) is 23.7 Å². The second-order valence-electron chi connectivity index (χ2n) is 11.3. The molecule has 3 saturated heterocycles. The van der Waals surface area contributed by atoms with Crippen LogP contribution in [0.2, 0.25) is 0 Å². The summed E-state index contributed by atoms with van der Waals surface area (Å²) in [6, 6.07) is -0.500. The highest BCUT2D eigenvalue weighted by Crippen LogP contribution is 2.41. The van der Waals surface area contributed by atoms with Gasteiger partial charge in [0.15, 0.2) is 12.6 Å². The van der Waals surface area contributed by atoms with Gasteiger partial charge in [0, 0.05) is 10.8 Å². The molecule has 0 aromatic rings. The average Bonchev–Trinajstić information content (AvgIpc) is 2.80. The maximum absolute atomic E-state index is 9.37. The third-order valence-electron chi connectivity index (χ3n) is 9.34. The summed E-state index contributed by atoms with van der Waals surface area (Å²) in [4.78, 5) is 3.15. The summed E-state index contributed by atoms with van der Waals surface area (Å²) in [6.45, 7) is 21.5. The van der Waals surface area contributed by atoms with Crippen LogP contribution in [0, 0.1) is 35.5 Å². The van der Waals surface area contributed by atoms with E-state index in [9.17, 15) is 5.53 Å². The first kappa shape index (κ1) is 27.7. The van der Waals surface area contributed by atoms with Crippen LogP contribution in [-0.4, -0.2) is 55.2 Å². The second kappa shape index (κ2) is 11.4. The van der Waals surface area contributed by atoms with Gasteiger partial charge in [-0.3, -0.25) is 0 Å². The van der Waals surface area contributed by atoms with Gasteiger partial charge in [0.05, 0.1) is 42.7 Å². The molecule has 3 heterocycles. The van der Waals surface area contributed by atoms with Gasteiger partial charge in [-0.05, 0) is 62.3 Å². The molecule has 196 valence electrons. The molecule has 0 N–H and O–H groups in total. The summed E-state index contributed by atoms with van der Waals surface area (Å²) in [5.74, 6) is 1.77. The average molecular weight is 482 g/mol. The number of rotatable bonds is 6. The second-order valence-corrected chi connectivity index (χ2v) is 11.3. The lowest BCUT2D eigenvalue weighted by Gasteiger charge is -2.50. The van der Waals surface area contributed by atoms with Crippen LogP contribution in [0.25, 0.3) is 10.4 Å². The number of ether oxygens (including phenoxy) is 5. The van der Waals surface area contributed by atoms with Gasteiger partial charge < -0.3 is 23.7 Å². The molecular weight excluding hydrogens is 434 g/mol. The SMILES string of the molecule is CCC1OC(OC2C(C)OC(C)C(C)C2C)C(N=[N+]=[N-])C(C)C1OC1OC(C)C(C)C(C)C1C. The van der Waals surface area contributed by atoms with Gasteiger partial charge >= 0.3 is 0 Å². The molecule has 0 bridgehead atoms. The molecule has 15 unspecified atom stereocenters. The van der Waals surface area contributed by atoms with E-state index in [1.165, 1.54) is 0 Å². The smallest absolute Gasteiger partial charge is 0.167 e. The van der Waals surface area contributed by atoms with Crippen molar-refractivity contribution in [1.29, 1.82) is 0 Å². The zero-order chi connectivity index (χ0) is 25.3. The van der Waals surface area contributed by atoms with Crippen molar-refractivity contribution < 1.29 is 23.7 Å². The minimum Gasteiger partial charge on any atom is -0.373 e. The largest absolute Gasteiger partial charge is 0.373 e. The van der Waals surface area contributed by atoms with Gasteiger partial charge in [-0.15, -0.1) is 0 Å². The van der Waals surface area contributed by atoms with Gasteiger partial charge in [0.25, 0.3) is 0 Å². The molecule has 8 nitrogen and oxygen atoms in total. The minimum atomic E-state index is -0.641. The van der Waals surface area contributed by atoms with Crippen molar-refractivity contribution in [2.24, 2.45) is 40.6 Å². The summed E-state index contributed by atoms with van der Waals surface area (Å²) in [7, 11) is 0. The van der Waals surface area contributed by atoms with Crippen molar-refractivity contribution in [2.45, 2.75) is 131 Å². The zero-order valence-corrected chi connectivity index (χ0v) is 22.8. The highest BCUT2D eigenvalue weighted by Gasteiger charge is 2.49. The van der Waals surface area contributed by atoms with Crippen LogP contribution in [0.4, 0.5) is 0 Å². The van der Waals surface area contributed by atoms with Crippen LogP contribution in [-0.2, 0) is 23.7 Å². The first-order valence-electron chi connectivity index (χ1n) is 13.3. The molecule has 0 radical (unpaired) electrons. The van der Waals surface area contributed by atoms with Gasteiger partial charge in [-0.1, -0.05) is 53.6 Å². The lowest BCUT2D eigenvalue weighted by molar-refractivity contribution is -0.328. The van der Waals surface area contributed by atoms with Crippen LogP contribution < -0.4 is 0 Å². The number of hydrogen-bond acceptors (Lipinski definition) is 6. The van der Waals surface area contributed by atoms with Crippen LogP contribution in [0.15, 0.2) is 5.11 Å². The van der Waals surface area contributed by atoms with Crippen molar-refractivity contribution in [2.75, 3.05) is 0 Å². The van der Waals surface area contributed by atoms with Gasteiger partial charge in [0.1, 0.15) is 0 Å². The first-order chi connectivity index (χ1) is 16.0. The summed E-state index contributed by atoms with van der Waals surface area (Å²) < 4.78 is 32.1. The van der Waals surface area contributed by atoms with Crippen molar-refractivity contribution in [3.63, 3.8) is 0 Å². The Bertz CT molecular complexity index is 719. The summed E-state index contributed by atoms with van der Waals surface area (Å²) in [5, 5.41) is 4.14. The van der Waals surface area contributed by atoms with E-state index < -0.39 is 12.3 Å². The first-order valence-corrected chi connectivity index (χ1v) is 13.3. The summed E-state index contributed by atoms with van der Waals surface area (Å²) >= 11 is 0. The molecule has 34 heavy (non-hydrogen) atoms. The minimum absolute atomic E-state index is 0.0673. The molecule has 0 aromatic heterocycles. The van der Waals surface area contributed by atoms with E-state index in [-0.39, 0.29) is 54.7 Å². The van der Waals surface area contributed by atoms with Crippen LogP contribution in [0.3, 0.4) is 0 Å². The monoisotopic (exact) mass is 481 g/mol. The molecule has 3 aliphatic rings. The third kappa shape index (κ3) is 5.42. The molecule has 0 saturated carbocycles. The number of azide groups is 1. The van der Waals surface area contributed by atoms with E-state index in [4.69, 9.17) is 23.7 Å². The van der Waals surface area contributed by atoms with Crippen LogP contribution >= 0.6 is 0 Å². The molecule has 0 aliphatic carbocycles. The normalized spacial score (nSPS) is 52.1. The fraction of sp³-hybridized carbons (Fsp3) is 1.00. The quantitative estimate of drug-likeness (QED) is 0.266.